The van der Waals surface area contributed by atoms with Gasteiger partial charge in [-0.2, -0.15) is 13.2 Å². The van der Waals surface area contributed by atoms with Crippen LogP contribution in [0.2, 0.25) is 5.02 Å². The van der Waals surface area contributed by atoms with E-state index in [1.54, 1.807) is 6.92 Å². The number of hydrogen-bond acceptors (Lipinski definition) is 5. The first kappa shape index (κ1) is 23.4. The zero-order valence-electron chi connectivity index (χ0n) is 15.8. The maximum Gasteiger partial charge on any atom is 0.416 e. The van der Waals surface area contributed by atoms with Gasteiger partial charge in [-0.3, -0.25) is 14.9 Å². The van der Waals surface area contributed by atoms with E-state index in [4.69, 9.17) is 21.1 Å². The predicted octanol–water partition coefficient (Wildman–Crippen LogP) is 5.94. The highest BCUT2D eigenvalue weighted by Gasteiger charge is 2.33. The second kappa shape index (κ2) is 9.29. The van der Waals surface area contributed by atoms with Crippen LogP contribution in [0, 0.1) is 21.8 Å². The minimum Gasteiger partial charge on any atom is -0.466 e. The average Bonchev–Trinajstić information content (AvgIpc) is 2.63. The second-order valence-corrected chi connectivity index (χ2v) is 6.68. The standard InChI is InChI=1S/C19H16ClF4NO5/c1-3-29-18(26)10(2)6-11-7-13(4-5-16(11)25(27)28)30-17-14(20)8-12(9-15(17)21)19(22,23)24/h4-5,7-10H,3,6H2,1-2H3. The molecule has 0 fully saturated rings. The van der Waals surface area contributed by atoms with Crippen molar-refractivity contribution in [2.45, 2.75) is 26.4 Å². The molecular formula is C19H16ClF4NO5. The fourth-order valence-electron chi connectivity index (χ4n) is 2.60. The van der Waals surface area contributed by atoms with Crippen LogP contribution in [0.3, 0.4) is 0 Å². The number of nitro groups is 1. The highest BCUT2D eigenvalue weighted by atomic mass is 35.5. The Morgan fingerprint density at radius 3 is 2.47 bits per heavy atom. The number of alkyl halides is 3. The molecule has 0 aromatic heterocycles. The van der Waals surface area contributed by atoms with Crippen molar-refractivity contribution >= 4 is 23.3 Å². The number of benzene rings is 2. The van der Waals surface area contributed by atoms with E-state index in [1.165, 1.54) is 13.0 Å². The Hall–Kier alpha value is -2.88. The summed E-state index contributed by atoms with van der Waals surface area (Å²) in [7, 11) is 0. The number of esters is 1. The minimum atomic E-state index is -4.80. The van der Waals surface area contributed by atoms with E-state index in [1.807, 2.05) is 0 Å². The summed E-state index contributed by atoms with van der Waals surface area (Å²) in [4.78, 5) is 22.4. The van der Waals surface area contributed by atoms with Crippen molar-refractivity contribution in [3.8, 4) is 11.5 Å². The average molecular weight is 450 g/mol. The van der Waals surface area contributed by atoms with Crippen LogP contribution in [-0.4, -0.2) is 17.5 Å². The second-order valence-electron chi connectivity index (χ2n) is 6.27. The molecule has 0 N–H and O–H groups in total. The first-order valence-corrected chi connectivity index (χ1v) is 8.99. The van der Waals surface area contributed by atoms with Crippen molar-refractivity contribution < 1.29 is 36.8 Å². The summed E-state index contributed by atoms with van der Waals surface area (Å²) in [5, 5.41) is 10.6. The van der Waals surface area contributed by atoms with Crippen molar-refractivity contribution in [1.29, 1.82) is 0 Å². The number of ether oxygens (including phenoxy) is 2. The lowest BCUT2D eigenvalue weighted by atomic mass is 9.99. The van der Waals surface area contributed by atoms with Gasteiger partial charge in [0.05, 0.1) is 28.0 Å². The van der Waals surface area contributed by atoms with Crippen molar-refractivity contribution in [3.63, 3.8) is 0 Å². The van der Waals surface area contributed by atoms with Gasteiger partial charge in [0.2, 0.25) is 0 Å². The van der Waals surface area contributed by atoms with Crippen LogP contribution < -0.4 is 4.74 Å². The van der Waals surface area contributed by atoms with Gasteiger partial charge in [0, 0.05) is 11.6 Å². The van der Waals surface area contributed by atoms with E-state index >= 15 is 0 Å². The molecule has 0 aliphatic rings. The molecule has 1 atom stereocenters. The molecule has 0 radical (unpaired) electrons. The zero-order chi connectivity index (χ0) is 22.6. The Kier molecular flexibility index (Phi) is 7.25. The van der Waals surface area contributed by atoms with Gasteiger partial charge in [0.1, 0.15) is 5.75 Å². The lowest BCUT2D eigenvalue weighted by molar-refractivity contribution is -0.385. The number of rotatable bonds is 7. The maximum absolute atomic E-state index is 14.2. The lowest BCUT2D eigenvalue weighted by Crippen LogP contribution is -2.17. The van der Waals surface area contributed by atoms with Crippen LogP contribution in [0.4, 0.5) is 23.2 Å². The van der Waals surface area contributed by atoms with Crippen molar-refractivity contribution in [2.24, 2.45) is 5.92 Å². The van der Waals surface area contributed by atoms with Crippen LogP contribution >= 0.6 is 11.6 Å². The topological polar surface area (TPSA) is 78.7 Å². The summed E-state index contributed by atoms with van der Waals surface area (Å²) < 4.78 is 62.5. The fourth-order valence-corrected chi connectivity index (χ4v) is 2.85. The lowest BCUT2D eigenvalue weighted by Gasteiger charge is -2.14. The van der Waals surface area contributed by atoms with Crippen LogP contribution in [0.1, 0.15) is 25.0 Å². The molecule has 162 valence electrons. The van der Waals surface area contributed by atoms with Crippen molar-refractivity contribution in [3.05, 3.63) is 62.4 Å². The summed E-state index contributed by atoms with van der Waals surface area (Å²) in [6.07, 6.45) is -4.87. The summed E-state index contributed by atoms with van der Waals surface area (Å²) in [6, 6.07) is 4.16. The molecule has 0 saturated heterocycles. The molecular weight excluding hydrogens is 434 g/mol. The Bertz CT molecular complexity index is 941. The minimum absolute atomic E-state index is 0.0738. The van der Waals surface area contributed by atoms with E-state index < -0.39 is 45.1 Å². The summed E-state index contributed by atoms with van der Waals surface area (Å²) in [5.74, 6) is -3.40. The van der Waals surface area contributed by atoms with Gasteiger partial charge < -0.3 is 9.47 Å². The largest absolute Gasteiger partial charge is 0.466 e. The first-order chi connectivity index (χ1) is 13.9. The third-order valence-electron chi connectivity index (χ3n) is 4.01. The maximum atomic E-state index is 14.2. The number of nitro benzene ring substituents is 1. The fraction of sp³-hybridized carbons (Fsp3) is 0.316. The zero-order valence-corrected chi connectivity index (χ0v) is 16.5. The highest BCUT2D eigenvalue weighted by Crippen LogP contribution is 2.39. The van der Waals surface area contributed by atoms with E-state index in [2.05, 4.69) is 0 Å². The molecule has 0 bridgehead atoms. The number of hydrogen-bond donors (Lipinski definition) is 0. The van der Waals surface area contributed by atoms with Crippen molar-refractivity contribution in [1.82, 2.24) is 0 Å². The highest BCUT2D eigenvalue weighted by molar-refractivity contribution is 6.32. The van der Waals surface area contributed by atoms with E-state index in [9.17, 15) is 32.5 Å². The Morgan fingerprint density at radius 2 is 1.93 bits per heavy atom. The van der Waals surface area contributed by atoms with Gasteiger partial charge in [-0.15, -0.1) is 0 Å². The van der Waals surface area contributed by atoms with Crippen LogP contribution in [0.25, 0.3) is 0 Å². The number of carbonyl (C=O) groups excluding carboxylic acids is 1. The van der Waals surface area contributed by atoms with Crippen LogP contribution in [-0.2, 0) is 22.1 Å². The van der Waals surface area contributed by atoms with Gasteiger partial charge in [-0.05, 0) is 37.6 Å². The molecule has 2 aromatic rings. The van der Waals surface area contributed by atoms with E-state index in [0.717, 1.165) is 12.1 Å². The van der Waals surface area contributed by atoms with E-state index in [-0.39, 0.29) is 36.1 Å². The predicted molar refractivity (Wildman–Crippen MR) is 99.1 cm³/mol. The first-order valence-electron chi connectivity index (χ1n) is 8.62. The Balaban J connectivity index is 2.38. The summed E-state index contributed by atoms with van der Waals surface area (Å²) in [5.41, 5.74) is -1.50. The third kappa shape index (κ3) is 5.59. The monoisotopic (exact) mass is 449 g/mol. The smallest absolute Gasteiger partial charge is 0.416 e. The number of carbonyl (C=O) groups is 1. The molecule has 2 rings (SSSR count). The van der Waals surface area contributed by atoms with Gasteiger partial charge >= 0.3 is 12.1 Å². The molecule has 0 spiro atoms. The van der Waals surface area contributed by atoms with Gasteiger partial charge in [-0.1, -0.05) is 18.5 Å². The van der Waals surface area contributed by atoms with E-state index in [0.29, 0.717) is 6.07 Å². The molecule has 2 aromatic carbocycles. The van der Waals surface area contributed by atoms with Crippen LogP contribution in [0.5, 0.6) is 11.5 Å². The molecule has 0 aliphatic carbocycles. The Labute approximate surface area is 173 Å². The van der Waals surface area contributed by atoms with Crippen molar-refractivity contribution in [2.75, 3.05) is 6.61 Å². The molecule has 1 unspecified atom stereocenters. The normalized spacial score (nSPS) is 12.4. The number of halogens is 5. The van der Waals surface area contributed by atoms with Gasteiger partial charge in [-0.25, -0.2) is 4.39 Å². The third-order valence-corrected chi connectivity index (χ3v) is 4.29. The molecule has 0 aliphatic heterocycles. The SMILES string of the molecule is CCOC(=O)C(C)Cc1cc(Oc2c(F)cc(C(F)(F)F)cc2Cl)ccc1[N+](=O)[O-]. The molecule has 11 heteroatoms. The van der Waals surface area contributed by atoms with Crippen LogP contribution in [0.15, 0.2) is 30.3 Å². The molecule has 0 amide bonds. The molecule has 0 saturated carbocycles. The molecule has 30 heavy (non-hydrogen) atoms. The Morgan fingerprint density at radius 1 is 1.27 bits per heavy atom. The summed E-state index contributed by atoms with van der Waals surface area (Å²) >= 11 is 5.74. The summed E-state index contributed by atoms with van der Waals surface area (Å²) in [6.45, 7) is 3.27. The molecule has 6 nitrogen and oxygen atoms in total. The van der Waals surface area contributed by atoms with Gasteiger partial charge in [0.15, 0.2) is 11.6 Å². The van der Waals surface area contributed by atoms with Gasteiger partial charge in [0.25, 0.3) is 5.69 Å². The quantitative estimate of drug-likeness (QED) is 0.226. The molecule has 0 heterocycles. The number of nitrogens with zero attached hydrogens (tertiary/aromatic N) is 1.